The fourth-order valence-corrected chi connectivity index (χ4v) is 6.69. The Kier molecular flexibility index (Phi) is 11.3. The summed E-state index contributed by atoms with van der Waals surface area (Å²) in [7, 11) is -0.286. The van der Waals surface area contributed by atoms with Crippen molar-refractivity contribution in [3.8, 4) is 0 Å². The lowest BCUT2D eigenvalue weighted by Gasteiger charge is -2.22. The minimum absolute atomic E-state index is 0.617. The molecule has 1 radical (unpaired) electrons. The third-order valence-electron chi connectivity index (χ3n) is 2.10. The van der Waals surface area contributed by atoms with Crippen LogP contribution in [0.15, 0.2) is 0 Å². The van der Waals surface area contributed by atoms with Gasteiger partial charge in [0.1, 0.15) is 0 Å². The van der Waals surface area contributed by atoms with Gasteiger partial charge in [0.25, 0.3) is 0 Å². The Hall–Kier alpha value is 0.274. The first-order chi connectivity index (χ1) is 8.45. The molecule has 0 fully saturated rings. The van der Waals surface area contributed by atoms with Crippen LogP contribution in [0.3, 0.4) is 0 Å². The van der Waals surface area contributed by atoms with Crippen LogP contribution in [0.5, 0.6) is 0 Å². The quantitative estimate of drug-likeness (QED) is 0.409. The molecule has 0 aliphatic carbocycles. The molecule has 0 saturated heterocycles. The molecule has 4 nitrogen and oxygen atoms in total. The average Bonchev–Trinajstić information content (AvgIpc) is 2.24. The molecule has 0 atom stereocenters. The van der Waals surface area contributed by atoms with Crippen LogP contribution < -0.4 is 0 Å². The fraction of sp³-hybridized carbons (Fsp3) is 1.00. The Bertz CT molecular complexity index is 185. The lowest BCUT2D eigenvalue weighted by Crippen LogP contribution is -2.33. The zero-order valence-electron chi connectivity index (χ0n) is 12.6. The van der Waals surface area contributed by atoms with Gasteiger partial charge in [0.05, 0.1) is 26.4 Å². The van der Waals surface area contributed by atoms with Gasteiger partial charge in [-0.15, -0.1) is 0 Å². The van der Waals surface area contributed by atoms with Crippen LogP contribution in [0, 0.1) is 0 Å². The van der Waals surface area contributed by atoms with E-state index < -0.39 is 17.4 Å². The third-order valence-corrected chi connectivity index (χ3v) is 7.00. The predicted octanol–water partition coefficient (Wildman–Crippen LogP) is 2.53. The van der Waals surface area contributed by atoms with Crippen LogP contribution in [0.1, 0.15) is 6.42 Å². The first-order valence-corrected chi connectivity index (χ1v) is 12.1. The SMILES string of the molecule is COCCOCCOCCC[Si](C)O[Si](C)(C)C. The number of ether oxygens (including phenoxy) is 3. The van der Waals surface area contributed by atoms with Gasteiger partial charge in [0.15, 0.2) is 17.4 Å². The second-order valence-corrected chi connectivity index (χ2v) is 12.2. The van der Waals surface area contributed by atoms with Crippen molar-refractivity contribution in [1.29, 1.82) is 0 Å². The van der Waals surface area contributed by atoms with Crippen molar-refractivity contribution in [2.45, 2.75) is 38.7 Å². The molecule has 0 heterocycles. The summed E-state index contributed by atoms with van der Waals surface area (Å²) in [4.78, 5) is 0. The van der Waals surface area contributed by atoms with Gasteiger partial charge in [0.2, 0.25) is 0 Å². The highest BCUT2D eigenvalue weighted by atomic mass is 28.4. The molecule has 0 bridgehead atoms. The lowest BCUT2D eigenvalue weighted by atomic mass is 10.5. The minimum Gasteiger partial charge on any atom is -0.456 e. The summed E-state index contributed by atoms with van der Waals surface area (Å²) in [6.07, 6.45) is 1.09. The number of hydrogen-bond acceptors (Lipinski definition) is 4. The Labute approximate surface area is 115 Å². The monoisotopic (exact) mass is 293 g/mol. The standard InChI is InChI=1S/C12H29O4Si2/c1-13-8-9-15-11-10-14-7-6-12-17(2)16-18(3,4)5/h6-12H2,1-5H3. The van der Waals surface area contributed by atoms with E-state index in [4.69, 9.17) is 18.3 Å². The van der Waals surface area contributed by atoms with E-state index in [1.54, 1.807) is 7.11 Å². The largest absolute Gasteiger partial charge is 0.456 e. The van der Waals surface area contributed by atoms with E-state index in [0.29, 0.717) is 26.4 Å². The fourth-order valence-electron chi connectivity index (χ4n) is 1.46. The van der Waals surface area contributed by atoms with E-state index in [2.05, 4.69) is 26.2 Å². The Morgan fingerprint density at radius 2 is 1.44 bits per heavy atom. The van der Waals surface area contributed by atoms with Gasteiger partial charge in [-0.2, -0.15) is 0 Å². The van der Waals surface area contributed by atoms with Crippen LogP contribution in [-0.2, 0) is 18.3 Å². The van der Waals surface area contributed by atoms with Gasteiger partial charge in [-0.1, -0.05) is 0 Å². The van der Waals surface area contributed by atoms with Crippen molar-refractivity contribution < 1.29 is 18.3 Å². The van der Waals surface area contributed by atoms with Gasteiger partial charge >= 0.3 is 0 Å². The molecule has 18 heavy (non-hydrogen) atoms. The highest BCUT2D eigenvalue weighted by Gasteiger charge is 2.18. The molecule has 0 unspecified atom stereocenters. The second-order valence-electron chi connectivity index (χ2n) is 5.24. The topological polar surface area (TPSA) is 36.9 Å². The van der Waals surface area contributed by atoms with Crippen molar-refractivity contribution in [2.24, 2.45) is 0 Å². The predicted molar refractivity (Wildman–Crippen MR) is 79.0 cm³/mol. The average molecular weight is 294 g/mol. The maximum absolute atomic E-state index is 6.06. The molecule has 0 N–H and O–H groups in total. The van der Waals surface area contributed by atoms with Gasteiger partial charge in [-0.25, -0.2) is 0 Å². The molecule has 0 aliphatic rings. The van der Waals surface area contributed by atoms with Crippen molar-refractivity contribution in [3.05, 3.63) is 0 Å². The van der Waals surface area contributed by atoms with Crippen molar-refractivity contribution in [3.63, 3.8) is 0 Å². The van der Waals surface area contributed by atoms with E-state index in [-0.39, 0.29) is 0 Å². The van der Waals surface area contributed by atoms with Crippen LogP contribution in [0.4, 0.5) is 0 Å². The second kappa shape index (κ2) is 11.1. The molecule has 6 heteroatoms. The molecule has 0 aromatic carbocycles. The Balaban J connectivity index is 3.20. The maximum Gasteiger partial charge on any atom is 0.194 e. The van der Waals surface area contributed by atoms with Gasteiger partial charge in [0, 0.05) is 13.7 Å². The third kappa shape index (κ3) is 14.3. The smallest absolute Gasteiger partial charge is 0.194 e. The molecule has 0 aromatic rings. The molecule has 0 spiro atoms. The first-order valence-electron chi connectivity index (χ1n) is 6.61. The van der Waals surface area contributed by atoms with Gasteiger partial charge in [-0.3, -0.25) is 0 Å². The minimum atomic E-state index is -1.34. The summed E-state index contributed by atoms with van der Waals surface area (Å²) in [5.74, 6) is 0. The lowest BCUT2D eigenvalue weighted by molar-refractivity contribution is 0.0249. The molecule has 109 valence electrons. The number of methoxy groups -OCH3 is 1. The molecule has 0 rings (SSSR count). The molecule has 0 amide bonds. The van der Waals surface area contributed by atoms with Crippen molar-refractivity contribution >= 4 is 17.4 Å². The van der Waals surface area contributed by atoms with E-state index >= 15 is 0 Å². The summed E-state index contributed by atoms with van der Waals surface area (Å²) < 4.78 is 21.7. The van der Waals surface area contributed by atoms with Crippen LogP contribution in [0.25, 0.3) is 0 Å². The van der Waals surface area contributed by atoms with Crippen molar-refractivity contribution in [1.82, 2.24) is 0 Å². The molecular formula is C12H29O4Si2. The maximum atomic E-state index is 6.06. The summed E-state index contributed by atoms with van der Waals surface area (Å²) in [5, 5.41) is 0. The summed E-state index contributed by atoms with van der Waals surface area (Å²) in [6, 6.07) is 1.17. The van der Waals surface area contributed by atoms with Crippen molar-refractivity contribution in [2.75, 3.05) is 40.1 Å². The molecule has 0 saturated carbocycles. The zero-order chi connectivity index (χ0) is 13.9. The van der Waals surface area contributed by atoms with E-state index in [1.807, 2.05) is 0 Å². The summed E-state index contributed by atoms with van der Waals surface area (Å²) >= 11 is 0. The molecule has 0 aromatic heterocycles. The normalized spacial score (nSPS) is 12.3. The summed E-state index contributed by atoms with van der Waals surface area (Å²) in [6.45, 7) is 12.4. The highest BCUT2D eigenvalue weighted by molar-refractivity contribution is 6.77. The zero-order valence-corrected chi connectivity index (χ0v) is 14.6. The first kappa shape index (κ1) is 18.3. The number of rotatable bonds is 12. The Morgan fingerprint density at radius 1 is 0.889 bits per heavy atom. The van der Waals surface area contributed by atoms with Crippen LogP contribution >= 0.6 is 0 Å². The number of hydrogen-bond donors (Lipinski definition) is 0. The highest BCUT2D eigenvalue weighted by Crippen LogP contribution is 2.09. The summed E-state index contributed by atoms with van der Waals surface area (Å²) in [5.41, 5.74) is 0. The van der Waals surface area contributed by atoms with E-state index in [9.17, 15) is 0 Å². The van der Waals surface area contributed by atoms with Crippen LogP contribution in [0.2, 0.25) is 32.2 Å². The molecule has 0 aliphatic heterocycles. The Morgan fingerprint density at radius 3 is 2.00 bits per heavy atom. The van der Waals surface area contributed by atoms with Gasteiger partial charge < -0.3 is 18.3 Å². The van der Waals surface area contributed by atoms with Crippen LogP contribution in [-0.4, -0.2) is 57.5 Å². The van der Waals surface area contributed by atoms with E-state index in [0.717, 1.165) is 13.0 Å². The molecular weight excluding hydrogens is 264 g/mol. The van der Waals surface area contributed by atoms with E-state index in [1.165, 1.54) is 6.04 Å². The van der Waals surface area contributed by atoms with Gasteiger partial charge in [-0.05, 0) is 38.7 Å².